The Morgan fingerprint density at radius 2 is 1.83 bits per heavy atom. The number of halogens is 1. The highest BCUT2D eigenvalue weighted by atomic mass is 35.5. The minimum absolute atomic E-state index is 0.219. The van der Waals surface area contributed by atoms with Gasteiger partial charge >= 0.3 is 0 Å². The zero-order valence-electron chi connectivity index (χ0n) is 19.3. The zero-order valence-corrected chi connectivity index (χ0v) is 20.1. The number of rotatable bonds is 6. The molecule has 1 atom stereocenters. The largest absolute Gasteiger partial charge is 0.358 e. The zero-order chi connectivity index (χ0) is 24.4. The highest BCUT2D eigenvalue weighted by Gasteiger charge is 2.23. The Balaban J connectivity index is 1.56. The third-order valence-electron chi connectivity index (χ3n) is 5.83. The summed E-state index contributed by atoms with van der Waals surface area (Å²) in [5, 5.41) is 8.07. The molecule has 3 aromatic heterocycles. The van der Waals surface area contributed by atoms with Gasteiger partial charge in [0, 0.05) is 50.3 Å². The fraction of sp³-hybridized carbons (Fsp3) is 0.107. The second-order valence-electron chi connectivity index (χ2n) is 8.38. The number of hydrogen-bond donors (Lipinski definition) is 3. The lowest BCUT2D eigenvalue weighted by Crippen LogP contribution is -2.16. The van der Waals surface area contributed by atoms with Gasteiger partial charge in [-0.15, -0.1) is 0 Å². The Bertz CT molecular complexity index is 1510. The van der Waals surface area contributed by atoms with Crippen LogP contribution in [-0.4, -0.2) is 20.9 Å². The van der Waals surface area contributed by atoms with Gasteiger partial charge < -0.3 is 15.6 Å². The molecule has 0 bridgehead atoms. The summed E-state index contributed by atoms with van der Waals surface area (Å²) in [6.45, 7) is 4.01. The van der Waals surface area contributed by atoms with Gasteiger partial charge in [-0.1, -0.05) is 29.8 Å². The van der Waals surface area contributed by atoms with E-state index < -0.39 is 0 Å². The summed E-state index contributed by atoms with van der Waals surface area (Å²) in [4.78, 5) is 25.6. The molecule has 35 heavy (non-hydrogen) atoms. The van der Waals surface area contributed by atoms with Gasteiger partial charge in [0.2, 0.25) is 0 Å². The minimum atomic E-state index is -0.252. The van der Waals surface area contributed by atoms with E-state index in [1.54, 1.807) is 30.5 Å². The number of nitrogens with one attached hydrogen (secondary N) is 3. The van der Waals surface area contributed by atoms with Crippen molar-refractivity contribution in [2.45, 2.75) is 19.9 Å². The highest BCUT2D eigenvalue weighted by molar-refractivity contribution is 6.31. The Hall–Kier alpha value is -4.16. The van der Waals surface area contributed by atoms with Gasteiger partial charge in [-0.25, -0.2) is 4.98 Å². The second-order valence-corrected chi connectivity index (χ2v) is 8.82. The van der Waals surface area contributed by atoms with E-state index in [1.165, 1.54) is 0 Å². The number of aryl methyl sites for hydroxylation is 2. The number of pyridine rings is 2. The van der Waals surface area contributed by atoms with Gasteiger partial charge in [0.1, 0.15) is 5.82 Å². The van der Waals surface area contributed by atoms with E-state index in [-0.39, 0.29) is 11.9 Å². The van der Waals surface area contributed by atoms with E-state index in [2.05, 4.69) is 25.6 Å². The average Bonchev–Trinajstić information content (AvgIpc) is 3.18. The molecule has 0 aliphatic carbocycles. The maximum absolute atomic E-state index is 12.8. The van der Waals surface area contributed by atoms with Crippen molar-refractivity contribution in [3.8, 4) is 0 Å². The van der Waals surface area contributed by atoms with Crippen LogP contribution in [0.2, 0.25) is 5.02 Å². The predicted molar refractivity (Wildman–Crippen MR) is 141 cm³/mol. The third kappa shape index (κ3) is 4.88. The van der Waals surface area contributed by atoms with Crippen molar-refractivity contribution in [2.24, 2.45) is 0 Å². The number of fused-ring (bicyclic) bond motifs is 1. The number of benzene rings is 2. The molecule has 0 fully saturated rings. The maximum atomic E-state index is 12.8. The molecule has 2 aromatic carbocycles. The first-order chi connectivity index (χ1) is 17.0. The quantitative estimate of drug-likeness (QED) is 0.252. The van der Waals surface area contributed by atoms with Gasteiger partial charge in [-0.05, 0) is 74.5 Å². The van der Waals surface area contributed by atoms with Crippen LogP contribution in [0.3, 0.4) is 0 Å². The van der Waals surface area contributed by atoms with Gasteiger partial charge in [-0.2, -0.15) is 0 Å². The number of H-pyrrole nitrogens is 1. The first-order valence-electron chi connectivity index (χ1n) is 11.3. The van der Waals surface area contributed by atoms with E-state index >= 15 is 0 Å². The Morgan fingerprint density at radius 1 is 0.971 bits per heavy atom. The monoisotopic (exact) mass is 481 g/mol. The van der Waals surface area contributed by atoms with E-state index in [1.807, 2.05) is 68.4 Å². The number of hydrogen-bond acceptors (Lipinski definition) is 4. The summed E-state index contributed by atoms with van der Waals surface area (Å²) in [5.41, 5.74) is 6.01. The molecule has 0 radical (unpaired) electrons. The molecule has 3 heterocycles. The molecule has 0 aliphatic heterocycles. The highest BCUT2D eigenvalue weighted by Crippen LogP contribution is 2.35. The first kappa shape index (κ1) is 22.6. The summed E-state index contributed by atoms with van der Waals surface area (Å²) >= 11 is 6.06. The minimum Gasteiger partial charge on any atom is -0.358 e. The Labute approximate surface area is 208 Å². The van der Waals surface area contributed by atoms with E-state index in [0.717, 1.165) is 39.4 Å². The van der Waals surface area contributed by atoms with Crippen molar-refractivity contribution in [1.82, 2.24) is 15.0 Å². The van der Waals surface area contributed by atoms with Crippen LogP contribution in [0, 0.1) is 13.8 Å². The molecule has 5 rings (SSSR count). The summed E-state index contributed by atoms with van der Waals surface area (Å²) in [6, 6.07) is 24.2. The second kappa shape index (κ2) is 9.60. The Morgan fingerprint density at radius 3 is 2.60 bits per heavy atom. The standard InChI is InChI=1S/C28H24ClN5O/c1-17-7-5-11-25(31-17)34-27(24-10-3-4-14-30-24)26-18(2)32-23-13-12-21(16-22(23)26)33-28(35)19-8-6-9-20(29)15-19/h3-16,27,32H,1-2H3,(H,31,34)(H,33,35). The van der Waals surface area contributed by atoms with Crippen molar-refractivity contribution in [3.63, 3.8) is 0 Å². The van der Waals surface area contributed by atoms with Crippen molar-refractivity contribution < 1.29 is 4.79 Å². The molecule has 3 N–H and O–H groups in total. The molecule has 6 nitrogen and oxygen atoms in total. The number of aromatic amines is 1. The number of carbonyl (C=O) groups is 1. The van der Waals surface area contributed by atoms with Gasteiger partial charge in [0.05, 0.1) is 11.7 Å². The van der Waals surface area contributed by atoms with Crippen LogP contribution in [0.4, 0.5) is 11.5 Å². The van der Waals surface area contributed by atoms with Crippen molar-refractivity contribution in [3.05, 3.63) is 118 Å². The van der Waals surface area contributed by atoms with Crippen molar-refractivity contribution in [2.75, 3.05) is 10.6 Å². The lowest BCUT2D eigenvalue weighted by atomic mass is 9.99. The van der Waals surface area contributed by atoms with Crippen molar-refractivity contribution in [1.29, 1.82) is 0 Å². The molecule has 0 aliphatic rings. The predicted octanol–water partition coefficient (Wildman–Crippen LogP) is 6.68. The molecule has 7 heteroatoms. The molecule has 1 amide bonds. The van der Waals surface area contributed by atoms with Crippen LogP contribution in [0.1, 0.15) is 39.0 Å². The third-order valence-corrected chi connectivity index (χ3v) is 6.07. The van der Waals surface area contributed by atoms with E-state index in [9.17, 15) is 4.79 Å². The molecule has 0 spiro atoms. The van der Waals surface area contributed by atoms with Crippen LogP contribution in [0.25, 0.3) is 10.9 Å². The molecule has 5 aromatic rings. The smallest absolute Gasteiger partial charge is 0.255 e. The molecule has 0 saturated heterocycles. The number of aromatic nitrogens is 3. The topological polar surface area (TPSA) is 82.7 Å². The van der Waals surface area contributed by atoms with Gasteiger partial charge in [0.25, 0.3) is 5.91 Å². The SMILES string of the molecule is Cc1cccc(NC(c2ccccn2)c2c(C)[nH]c3ccc(NC(=O)c4cccc(Cl)c4)cc23)n1. The number of carbonyl (C=O) groups excluding carboxylic acids is 1. The van der Waals surface area contributed by atoms with Crippen LogP contribution >= 0.6 is 11.6 Å². The van der Waals surface area contributed by atoms with Crippen molar-refractivity contribution >= 4 is 39.9 Å². The fourth-order valence-electron chi connectivity index (χ4n) is 4.24. The summed E-state index contributed by atoms with van der Waals surface area (Å²) in [7, 11) is 0. The molecule has 0 saturated carbocycles. The van der Waals surface area contributed by atoms with Gasteiger partial charge in [-0.3, -0.25) is 9.78 Å². The molecule has 174 valence electrons. The number of nitrogens with zero attached hydrogens (tertiary/aromatic N) is 2. The number of anilines is 2. The summed E-state index contributed by atoms with van der Waals surface area (Å²) in [6.07, 6.45) is 1.79. The van der Waals surface area contributed by atoms with Crippen LogP contribution in [-0.2, 0) is 0 Å². The first-order valence-corrected chi connectivity index (χ1v) is 11.7. The number of amides is 1. The maximum Gasteiger partial charge on any atom is 0.255 e. The lowest BCUT2D eigenvalue weighted by Gasteiger charge is -2.20. The lowest BCUT2D eigenvalue weighted by molar-refractivity contribution is 0.102. The van der Waals surface area contributed by atoms with E-state index in [0.29, 0.717) is 16.3 Å². The average molecular weight is 482 g/mol. The fourth-order valence-corrected chi connectivity index (χ4v) is 4.43. The van der Waals surface area contributed by atoms with E-state index in [4.69, 9.17) is 11.6 Å². The summed E-state index contributed by atoms with van der Waals surface area (Å²) < 4.78 is 0. The molecule has 1 unspecified atom stereocenters. The van der Waals surface area contributed by atoms with Gasteiger partial charge in [0.15, 0.2) is 0 Å². The molecular formula is C28H24ClN5O. The normalized spacial score (nSPS) is 11.9. The van der Waals surface area contributed by atoms with Crippen LogP contribution in [0.15, 0.2) is 85.1 Å². The molecular weight excluding hydrogens is 458 g/mol. The Kier molecular flexibility index (Phi) is 6.21. The summed E-state index contributed by atoms with van der Waals surface area (Å²) in [5.74, 6) is 0.545. The van der Waals surface area contributed by atoms with Crippen LogP contribution < -0.4 is 10.6 Å². The van der Waals surface area contributed by atoms with Crippen LogP contribution in [0.5, 0.6) is 0 Å².